The van der Waals surface area contributed by atoms with Crippen LogP contribution in [0.15, 0.2) is 48.0 Å². The number of hydrogen-bond acceptors (Lipinski definition) is 4. The first kappa shape index (κ1) is 19.4. The van der Waals surface area contributed by atoms with E-state index in [4.69, 9.17) is 17.0 Å². The lowest BCUT2D eigenvalue weighted by atomic mass is 9.97. The van der Waals surface area contributed by atoms with Crippen LogP contribution in [0.2, 0.25) is 0 Å². The summed E-state index contributed by atoms with van der Waals surface area (Å²) >= 11 is 7.31. The van der Waals surface area contributed by atoms with E-state index < -0.39 is 0 Å². The summed E-state index contributed by atoms with van der Waals surface area (Å²) in [6.45, 7) is 6.27. The van der Waals surface area contributed by atoms with Gasteiger partial charge in [-0.2, -0.15) is 0 Å². The lowest BCUT2D eigenvalue weighted by Gasteiger charge is -2.26. The summed E-state index contributed by atoms with van der Waals surface area (Å²) < 4.78 is 5.39. The summed E-state index contributed by atoms with van der Waals surface area (Å²) in [6, 6.07) is 12.8. The Bertz CT molecular complexity index is 887. The first-order valence-corrected chi connectivity index (χ1v) is 11.0. The molecule has 0 spiro atoms. The summed E-state index contributed by atoms with van der Waals surface area (Å²) in [7, 11) is 0. The molecule has 1 saturated heterocycles. The molecule has 4 rings (SSSR count). The summed E-state index contributed by atoms with van der Waals surface area (Å²) in [6.07, 6.45) is 2.13. The van der Waals surface area contributed by atoms with Crippen LogP contribution in [0.25, 0.3) is 10.9 Å². The van der Waals surface area contributed by atoms with Gasteiger partial charge in [0.05, 0.1) is 13.2 Å². The first-order valence-electron chi connectivity index (χ1n) is 9.72. The van der Waals surface area contributed by atoms with Crippen molar-refractivity contribution in [1.29, 1.82) is 0 Å². The highest BCUT2D eigenvalue weighted by Gasteiger charge is 2.19. The molecule has 5 nitrogen and oxygen atoms in total. The summed E-state index contributed by atoms with van der Waals surface area (Å²) in [5.41, 5.74) is 2.48. The molecule has 148 valence electrons. The van der Waals surface area contributed by atoms with E-state index >= 15 is 0 Å². The van der Waals surface area contributed by atoms with Gasteiger partial charge in [-0.1, -0.05) is 24.3 Å². The van der Waals surface area contributed by atoms with Crippen LogP contribution in [-0.4, -0.2) is 60.9 Å². The van der Waals surface area contributed by atoms with E-state index in [1.807, 2.05) is 0 Å². The van der Waals surface area contributed by atoms with Gasteiger partial charge in [0.15, 0.2) is 5.11 Å². The monoisotopic (exact) mass is 414 g/mol. The number of nitrogens with zero attached hydrogens (tertiary/aromatic N) is 1. The maximum atomic E-state index is 5.52. The van der Waals surface area contributed by atoms with Gasteiger partial charge in [0.25, 0.3) is 0 Å². The Balaban J connectivity index is 1.36. The topological polar surface area (TPSA) is 52.3 Å². The van der Waals surface area contributed by atoms with Crippen molar-refractivity contribution in [1.82, 2.24) is 20.5 Å². The van der Waals surface area contributed by atoms with Crippen LogP contribution in [0.1, 0.15) is 16.4 Å². The van der Waals surface area contributed by atoms with E-state index in [1.54, 1.807) is 11.3 Å². The van der Waals surface area contributed by atoms with Crippen molar-refractivity contribution >= 4 is 39.6 Å². The third-order valence-electron chi connectivity index (χ3n) is 5.17. The van der Waals surface area contributed by atoms with Crippen molar-refractivity contribution in [2.24, 2.45) is 0 Å². The maximum Gasteiger partial charge on any atom is 0.166 e. The second-order valence-corrected chi connectivity index (χ2v) is 8.34. The van der Waals surface area contributed by atoms with Gasteiger partial charge in [-0.05, 0) is 35.3 Å². The zero-order chi connectivity index (χ0) is 19.2. The lowest BCUT2D eigenvalue weighted by molar-refractivity contribution is 0.0389. The number of thiocarbonyl (C=S) groups is 1. The fourth-order valence-electron chi connectivity index (χ4n) is 3.65. The molecule has 3 heterocycles. The second kappa shape index (κ2) is 9.52. The van der Waals surface area contributed by atoms with Crippen molar-refractivity contribution in [2.75, 3.05) is 45.9 Å². The van der Waals surface area contributed by atoms with Crippen LogP contribution in [0.3, 0.4) is 0 Å². The third kappa shape index (κ3) is 4.72. The van der Waals surface area contributed by atoms with Gasteiger partial charge < -0.3 is 20.4 Å². The van der Waals surface area contributed by atoms with E-state index in [0.29, 0.717) is 0 Å². The molecule has 1 fully saturated rings. The Kier molecular flexibility index (Phi) is 6.59. The molecule has 28 heavy (non-hydrogen) atoms. The molecule has 7 heteroatoms. The summed E-state index contributed by atoms with van der Waals surface area (Å²) in [5, 5.41) is 10.9. The molecule has 0 saturated carbocycles. The molecule has 0 bridgehead atoms. The van der Waals surface area contributed by atoms with Gasteiger partial charge in [-0.25, -0.2) is 0 Å². The molecular formula is C21H26N4OS2. The Hall–Kier alpha value is -1.93. The number of H-pyrrole nitrogens is 1. The fraction of sp³-hybridized carbons (Fsp3) is 0.381. The highest BCUT2D eigenvalue weighted by atomic mass is 32.1. The van der Waals surface area contributed by atoms with Gasteiger partial charge in [0.1, 0.15) is 0 Å². The zero-order valence-electron chi connectivity index (χ0n) is 15.8. The van der Waals surface area contributed by atoms with Crippen molar-refractivity contribution < 1.29 is 4.74 Å². The van der Waals surface area contributed by atoms with E-state index in [2.05, 4.69) is 68.5 Å². The number of aromatic amines is 1. The van der Waals surface area contributed by atoms with E-state index in [1.165, 1.54) is 21.3 Å². The highest BCUT2D eigenvalue weighted by molar-refractivity contribution is 7.80. The van der Waals surface area contributed by atoms with Gasteiger partial charge in [-0.3, -0.25) is 4.90 Å². The smallest absolute Gasteiger partial charge is 0.166 e. The van der Waals surface area contributed by atoms with Crippen LogP contribution in [-0.2, 0) is 4.74 Å². The number of morpholine rings is 1. The predicted molar refractivity (Wildman–Crippen MR) is 120 cm³/mol. The second-order valence-electron chi connectivity index (χ2n) is 6.95. The minimum absolute atomic E-state index is 0.259. The van der Waals surface area contributed by atoms with E-state index in [-0.39, 0.29) is 5.92 Å². The fourth-order valence-corrected chi connectivity index (χ4v) is 4.68. The molecule has 1 aliphatic heterocycles. The van der Waals surface area contributed by atoms with E-state index in [0.717, 1.165) is 51.0 Å². The van der Waals surface area contributed by atoms with Crippen molar-refractivity contribution in [3.8, 4) is 0 Å². The number of rotatable bonds is 7. The summed E-state index contributed by atoms with van der Waals surface area (Å²) in [4.78, 5) is 7.14. The predicted octanol–water partition coefficient (Wildman–Crippen LogP) is 3.16. The normalized spacial score (nSPS) is 16.1. The minimum Gasteiger partial charge on any atom is -0.379 e. The highest BCUT2D eigenvalue weighted by Crippen LogP contribution is 2.32. The first-order chi connectivity index (χ1) is 13.8. The molecule has 1 aliphatic rings. The number of ether oxygens (including phenoxy) is 1. The lowest BCUT2D eigenvalue weighted by Crippen LogP contribution is -2.44. The molecule has 0 unspecified atom stereocenters. The maximum absolute atomic E-state index is 5.52. The average Bonchev–Trinajstić information content (AvgIpc) is 3.40. The molecule has 1 aromatic carbocycles. The van der Waals surface area contributed by atoms with Gasteiger partial charge >= 0.3 is 0 Å². The summed E-state index contributed by atoms with van der Waals surface area (Å²) in [5.74, 6) is 0.259. The minimum atomic E-state index is 0.259. The molecule has 0 amide bonds. The van der Waals surface area contributed by atoms with Crippen molar-refractivity contribution in [3.05, 3.63) is 58.4 Å². The SMILES string of the molecule is S=C(NCCN1CCOCC1)NC[C@H](c1cccs1)c1c[nH]c2ccccc12. The molecule has 3 aromatic rings. The number of benzene rings is 1. The number of hydrogen-bond donors (Lipinski definition) is 3. The van der Waals surface area contributed by atoms with Gasteiger partial charge in [0, 0.05) is 60.6 Å². The van der Waals surface area contributed by atoms with Gasteiger partial charge in [-0.15, -0.1) is 11.3 Å². The molecule has 2 aromatic heterocycles. The van der Waals surface area contributed by atoms with Crippen LogP contribution < -0.4 is 10.6 Å². The standard InChI is InChI=1S/C21H26N4OS2/c27-21(22-7-8-25-9-11-26-12-10-25)24-15-18(20-6-3-13-28-20)17-14-23-19-5-2-1-4-16(17)19/h1-6,13-14,18,23H,7-12,15H2,(H2,22,24,27)/t18-/m0/s1. The molecule has 3 N–H and O–H groups in total. The van der Waals surface area contributed by atoms with Crippen LogP contribution >= 0.6 is 23.6 Å². The van der Waals surface area contributed by atoms with Crippen molar-refractivity contribution in [3.63, 3.8) is 0 Å². The Morgan fingerprint density at radius 1 is 1.18 bits per heavy atom. The number of para-hydroxylation sites is 1. The van der Waals surface area contributed by atoms with Crippen LogP contribution in [0.5, 0.6) is 0 Å². The Morgan fingerprint density at radius 2 is 2.04 bits per heavy atom. The number of fused-ring (bicyclic) bond motifs is 1. The quantitative estimate of drug-likeness (QED) is 0.519. The largest absolute Gasteiger partial charge is 0.379 e. The number of thiophene rings is 1. The average molecular weight is 415 g/mol. The Morgan fingerprint density at radius 3 is 2.86 bits per heavy atom. The van der Waals surface area contributed by atoms with E-state index in [9.17, 15) is 0 Å². The van der Waals surface area contributed by atoms with Crippen LogP contribution in [0, 0.1) is 0 Å². The molecule has 0 aliphatic carbocycles. The van der Waals surface area contributed by atoms with Crippen LogP contribution in [0.4, 0.5) is 0 Å². The molecule has 1 atom stereocenters. The zero-order valence-corrected chi connectivity index (χ0v) is 17.5. The number of aromatic nitrogens is 1. The third-order valence-corrected chi connectivity index (χ3v) is 6.44. The Labute approximate surface area is 175 Å². The van der Waals surface area contributed by atoms with Crippen molar-refractivity contribution in [2.45, 2.75) is 5.92 Å². The molecule has 0 radical (unpaired) electrons. The number of nitrogens with one attached hydrogen (secondary N) is 3. The molecular weight excluding hydrogens is 388 g/mol. The van der Waals surface area contributed by atoms with Gasteiger partial charge in [0.2, 0.25) is 0 Å².